The molecule has 1 heterocycles. The van der Waals surface area contributed by atoms with Crippen molar-refractivity contribution in [2.75, 3.05) is 24.5 Å². The van der Waals surface area contributed by atoms with Gasteiger partial charge in [-0.25, -0.2) is 4.39 Å². The molecule has 4 nitrogen and oxygen atoms in total. The topological polar surface area (TPSA) is 58.4 Å². The molecular weight excluding hydrogens is 269 g/mol. The lowest BCUT2D eigenvalue weighted by atomic mass is 10.1. The van der Waals surface area contributed by atoms with E-state index in [1.54, 1.807) is 12.1 Å². The minimum atomic E-state index is -0.212. The molecule has 3 N–H and O–H groups in total. The van der Waals surface area contributed by atoms with Crippen molar-refractivity contribution in [2.24, 2.45) is 11.7 Å². The number of nitrogens with two attached hydrogens (primary N) is 1. The summed E-state index contributed by atoms with van der Waals surface area (Å²) in [6, 6.07) is 6.64. The van der Waals surface area contributed by atoms with E-state index < -0.39 is 0 Å². The molecule has 5 heteroatoms. The van der Waals surface area contributed by atoms with Crippen molar-refractivity contribution in [3.8, 4) is 0 Å². The van der Waals surface area contributed by atoms with Crippen LogP contribution in [0.15, 0.2) is 24.3 Å². The zero-order valence-corrected chi connectivity index (χ0v) is 12.5. The molecule has 1 aromatic rings. The first-order valence-electron chi connectivity index (χ1n) is 7.57. The van der Waals surface area contributed by atoms with Gasteiger partial charge in [0.25, 0.3) is 0 Å². The highest BCUT2D eigenvalue weighted by Gasteiger charge is 2.23. The van der Waals surface area contributed by atoms with Gasteiger partial charge in [0, 0.05) is 37.8 Å². The van der Waals surface area contributed by atoms with Crippen LogP contribution in [0, 0.1) is 11.7 Å². The van der Waals surface area contributed by atoms with Crippen LogP contribution in [-0.2, 0) is 4.79 Å². The Labute approximate surface area is 125 Å². The summed E-state index contributed by atoms with van der Waals surface area (Å²) in [5.74, 6) is 0.317. The quantitative estimate of drug-likeness (QED) is 0.842. The Morgan fingerprint density at radius 3 is 2.86 bits per heavy atom. The SMILES string of the molecule is CC(N)CCC(=O)NCC1CCN(c2ccc(F)cc2)C1. The van der Waals surface area contributed by atoms with Gasteiger partial charge in [-0.15, -0.1) is 0 Å². The Hall–Kier alpha value is -1.62. The first-order chi connectivity index (χ1) is 10.0. The molecule has 116 valence electrons. The zero-order valence-electron chi connectivity index (χ0n) is 12.5. The minimum absolute atomic E-state index is 0.0659. The molecule has 2 rings (SSSR count). The van der Waals surface area contributed by atoms with E-state index in [9.17, 15) is 9.18 Å². The van der Waals surface area contributed by atoms with E-state index in [1.165, 1.54) is 12.1 Å². The standard InChI is InChI=1S/C16H24FN3O/c1-12(18)2-7-16(21)19-10-13-8-9-20(11-13)15-5-3-14(17)4-6-15/h3-6,12-13H,2,7-11,18H2,1H3,(H,19,21). The van der Waals surface area contributed by atoms with Gasteiger partial charge in [-0.1, -0.05) is 0 Å². The molecule has 1 aliphatic rings. The second kappa shape index (κ2) is 7.41. The van der Waals surface area contributed by atoms with Crippen LogP contribution in [0.3, 0.4) is 0 Å². The van der Waals surface area contributed by atoms with E-state index in [4.69, 9.17) is 5.73 Å². The minimum Gasteiger partial charge on any atom is -0.371 e. The molecule has 0 radical (unpaired) electrons. The predicted molar refractivity (Wildman–Crippen MR) is 82.6 cm³/mol. The molecule has 0 saturated carbocycles. The van der Waals surface area contributed by atoms with Crippen molar-refractivity contribution in [3.63, 3.8) is 0 Å². The maximum Gasteiger partial charge on any atom is 0.220 e. The van der Waals surface area contributed by atoms with Gasteiger partial charge in [-0.05, 0) is 49.9 Å². The van der Waals surface area contributed by atoms with Crippen molar-refractivity contribution in [3.05, 3.63) is 30.1 Å². The fourth-order valence-corrected chi connectivity index (χ4v) is 2.59. The van der Waals surface area contributed by atoms with E-state index in [2.05, 4.69) is 10.2 Å². The number of halogens is 1. The third-order valence-corrected chi connectivity index (χ3v) is 3.89. The summed E-state index contributed by atoms with van der Waals surface area (Å²) in [6.45, 7) is 4.46. The zero-order chi connectivity index (χ0) is 15.2. The average Bonchev–Trinajstić information content (AvgIpc) is 2.92. The Morgan fingerprint density at radius 2 is 2.19 bits per heavy atom. The number of nitrogens with one attached hydrogen (secondary N) is 1. The van der Waals surface area contributed by atoms with Crippen LogP contribution >= 0.6 is 0 Å². The van der Waals surface area contributed by atoms with E-state index in [1.807, 2.05) is 6.92 Å². The van der Waals surface area contributed by atoms with Gasteiger partial charge in [0.15, 0.2) is 0 Å². The summed E-state index contributed by atoms with van der Waals surface area (Å²) in [4.78, 5) is 13.9. The lowest BCUT2D eigenvalue weighted by molar-refractivity contribution is -0.121. The van der Waals surface area contributed by atoms with Gasteiger partial charge < -0.3 is 16.0 Å². The van der Waals surface area contributed by atoms with Crippen molar-refractivity contribution < 1.29 is 9.18 Å². The van der Waals surface area contributed by atoms with Crippen molar-refractivity contribution >= 4 is 11.6 Å². The van der Waals surface area contributed by atoms with Crippen LogP contribution in [0.4, 0.5) is 10.1 Å². The van der Waals surface area contributed by atoms with Crippen molar-refractivity contribution in [1.29, 1.82) is 0 Å². The van der Waals surface area contributed by atoms with Gasteiger partial charge in [-0.3, -0.25) is 4.79 Å². The summed E-state index contributed by atoms with van der Waals surface area (Å²) in [7, 11) is 0. The molecule has 1 aliphatic heterocycles. The van der Waals surface area contributed by atoms with Crippen LogP contribution in [-0.4, -0.2) is 31.6 Å². The smallest absolute Gasteiger partial charge is 0.220 e. The molecule has 21 heavy (non-hydrogen) atoms. The van der Waals surface area contributed by atoms with E-state index in [0.717, 1.165) is 31.6 Å². The maximum absolute atomic E-state index is 12.9. The maximum atomic E-state index is 12.9. The molecular formula is C16H24FN3O. The number of hydrogen-bond acceptors (Lipinski definition) is 3. The first-order valence-corrected chi connectivity index (χ1v) is 7.57. The van der Waals surface area contributed by atoms with Crippen LogP contribution < -0.4 is 16.0 Å². The Morgan fingerprint density at radius 1 is 1.48 bits per heavy atom. The van der Waals surface area contributed by atoms with Crippen LogP contribution in [0.2, 0.25) is 0 Å². The second-order valence-electron chi connectivity index (χ2n) is 5.90. The molecule has 1 aromatic carbocycles. The van der Waals surface area contributed by atoms with E-state index in [-0.39, 0.29) is 17.8 Å². The van der Waals surface area contributed by atoms with Gasteiger partial charge in [-0.2, -0.15) is 0 Å². The summed E-state index contributed by atoms with van der Waals surface area (Å²) >= 11 is 0. The number of anilines is 1. The molecule has 1 fully saturated rings. The number of nitrogens with zero attached hydrogens (tertiary/aromatic N) is 1. The molecule has 0 aliphatic carbocycles. The summed E-state index contributed by atoms with van der Waals surface area (Å²) in [5.41, 5.74) is 6.68. The number of rotatable bonds is 6. The number of carbonyl (C=O) groups is 1. The number of benzene rings is 1. The van der Waals surface area contributed by atoms with Crippen LogP contribution in [0.1, 0.15) is 26.2 Å². The van der Waals surface area contributed by atoms with Crippen LogP contribution in [0.5, 0.6) is 0 Å². The molecule has 0 aromatic heterocycles. The number of amides is 1. The van der Waals surface area contributed by atoms with Gasteiger partial charge in [0.1, 0.15) is 5.82 Å². The van der Waals surface area contributed by atoms with Crippen molar-refractivity contribution in [1.82, 2.24) is 5.32 Å². The lowest BCUT2D eigenvalue weighted by Crippen LogP contribution is -2.31. The summed E-state index contributed by atoms with van der Waals surface area (Å²) < 4.78 is 12.9. The fraction of sp³-hybridized carbons (Fsp3) is 0.562. The highest BCUT2D eigenvalue weighted by molar-refractivity contribution is 5.75. The third kappa shape index (κ3) is 5.01. The molecule has 2 unspecified atom stereocenters. The Balaban J connectivity index is 1.73. The normalized spacial score (nSPS) is 19.6. The number of hydrogen-bond donors (Lipinski definition) is 2. The lowest BCUT2D eigenvalue weighted by Gasteiger charge is -2.19. The highest BCUT2D eigenvalue weighted by Crippen LogP contribution is 2.23. The van der Waals surface area contributed by atoms with Crippen LogP contribution in [0.25, 0.3) is 0 Å². The van der Waals surface area contributed by atoms with E-state index in [0.29, 0.717) is 18.9 Å². The largest absolute Gasteiger partial charge is 0.371 e. The molecule has 2 atom stereocenters. The molecule has 1 saturated heterocycles. The van der Waals surface area contributed by atoms with Gasteiger partial charge in [0.2, 0.25) is 5.91 Å². The Kier molecular flexibility index (Phi) is 5.56. The first kappa shape index (κ1) is 15.8. The van der Waals surface area contributed by atoms with Gasteiger partial charge in [0.05, 0.1) is 0 Å². The molecule has 1 amide bonds. The predicted octanol–water partition coefficient (Wildman–Crippen LogP) is 1.90. The average molecular weight is 293 g/mol. The second-order valence-corrected chi connectivity index (χ2v) is 5.90. The summed E-state index contributed by atoms with van der Waals surface area (Å²) in [5, 5.41) is 2.98. The monoisotopic (exact) mass is 293 g/mol. The molecule has 0 bridgehead atoms. The van der Waals surface area contributed by atoms with Gasteiger partial charge >= 0.3 is 0 Å². The third-order valence-electron chi connectivity index (χ3n) is 3.89. The summed E-state index contributed by atoms with van der Waals surface area (Å²) in [6.07, 6.45) is 2.26. The Bertz CT molecular complexity index is 461. The molecule has 0 spiro atoms. The van der Waals surface area contributed by atoms with E-state index >= 15 is 0 Å². The fourth-order valence-electron chi connectivity index (χ4n) is 2.59. The highest BCUT2D eigenvalue weighted by atomic mass is 19.1. The van der Waals surface area contributed by atoms with Crippen molar-refractivity contribution in [2.45, 2.75) is 32.2 Å². The number of carbonyl (C=O) groups excluding carboxylic acids is 1.